The molecule has 1 aliphatic carbocycles. The third kappa shape index (κ3) is 5.36. The van der Waals surface area contributed by atoms with Gasteiger partial charge in [0.25, 0.3) is 5.91 Å². The first kappa shape index (κ1) is 25.6. The molecule has 192 valence electrons. The summed E-state index contributed by atoms with van der Waals surface area (Å²) in [5, 5.41) is 5.93. The molecule has 1 unspecified atom stereocenters. The van der Waals surface area contributed by atoms with Gasteiger partial charge in [-0.2, -0.15) is 5.10 Å². The van der Waals surface area contributed by atoms with E-state index < -0.39 is 11.9 Å². The van der Waals surface area contributed by atoms with Gasteiger partial charge in [-0.25, -0.2) is 9.40 Å². The summed E-state index contributed by atoms with van der Waals surface area (Å²) in [4.78, 5) is 28.2. The standard InChI is InChI=1S/C27H32FN3O5/c1-34-14-13-30(27(33)18-7-6-8-18)17-26(32)31-24(21-15-19(35-2)11-12-25(21)36-3)16-23(29-31)20-9-4-5-10-22(20)28/h4-5,9-12,15,18,24H,6-8,13-14,16-17H2,1-3H3. The highest BCUT2D eigenvalue weighted by atomic mass is 19.1. The van der Waals surface area contributed by atoms with Crippen LogP contribution in [0.4, 0.5) is 4.39 Å². The topological polar surface area (TPSA) is 80.7 Å². The Hall–Kier alpha value is -3.46. The summed E-state index contributed by atoms with van der Waals surface area (Å²) in [6, 6.07) is 11.1. The van der Waals surface area contributed by atoms with E-state index in [1.54, 1.807) is 62.6 Å². The molecule has 8 nitrogen and oxygen atoms in total. The highest BCUT2D eigenvalue weighted by molar-refractivity contribution is 6.03. The maximum absolute atomic E-state index is 14.7. The first-order valence-corrected chi connectivity index (χ1v) is 12.1. The van der Waals surface area contributed by atoms with Crippen LogP contribution in [0.5, 0.6) is 11.5 Å². The van der Waals surface area contributed by atoms with Crippen molar-refractivity contribution in [1.82, 2.24) is 9.91 Å². The number of benzene rings is 2. The Balaban J connectivity index is 1.68. The summed E-state index contributed by atoms with van der Waals surface area (Å²) in [5.41, 5.74) is 1.47. The van der Waals surface area contributed by atoms with Crippen LogP contribution in [0.3, 0.4) is 0 Å². The van der Waals surface area contributed by atoms with Crippen molar-refractivity contribution in [1.29, 1.82) is 0 Å². The maximum Gasteiger partial charge on any atom is 0.262 e. The molecule has 2 aromatic carbocycles. The highest BCUT2D eigenvalue weighted by Gasteiger charge is 2.38. The SMILES string of the molecule is COCCN(CC(=O)N1N=C(c2ccccc2F)CC1c1cc(OC)ccc1OC)C(=O)C1CCC1. The van der Waals surface area contributed by atoms with Gasteiger partial charge < -0.3 is 19.1 Å². The minimum atomic E-state index is -0.555. The van der Waals surface area contributed by atoms with E-state index in [4.69, 9.17) is 14.2 Å². The quantitative estimate of drug-likeness (QED) is 0.499. The number of hydrogen-bond donors (Lipinski definition) is 0. The number of hydrazone groups is 1. The Kier molecular flexibility index (Phi) is 8.20. The smallest absolute Gasteiger partial charge is 0.262 e. The van der Waals surface area contributed by atoms with Crippen LogP contribution in [0.2, 0.25) is 0 Å². The van der Waals surface area contributed by atoms with Crippen molar-refractivity contribution >= 4 is 17.5 Å². The average molecular weight is 498 g/mol. The van der Waals surface area contributed by atoms with E-state index >= 15 is 0 Å². The number of ether oxygens (including phenoxy) is 3. The molecule has 36 heavy (non-hydrogen) atoms. The van der Waals surface area contributed by atoms with E-state index in [1.807, 2.05) is 0 Å². The summed E-state index contributed by atoms with van der Waals surface area (Å²) >= 11 is 0. The maximum atomic E-state index is 14.7. The van der Waals surface area contributed by atoms with Crippen molar-refractivity contribution < 1.29 is 28.2 Å². The van der Waals surface area contributed by atoms with E-state index in [2.05, 4.69) is 5.10 Å². The number of halogens is 1. The van der Waals surface area contributed by atoms with Gasteiger partial charge in [-0.1, -0.05) is 24.6 Å². The number of carbonyl (C=O) groups is 2. The molecule has 2 aromatic rings. The van der Waals surface area contributed by atoms with Crippen molar-refractivity contribution in [2.45, 2.75) is 31.7 Å². The lowest BCUT2D eigenvalue weighted by Gasteiger charge is -2.32. The molecule has 4 rings (SSSR count). The van der Waals surface area contributed by atoms with E-state index in [0.29, 0.717) is 41.5 Å². The van der Waals surface area contributed by atoms with Crippen LogP contribution >= 0.6 is 0 Å². The summed E-state index contributed by atoms with van der Waals surface area (Å²) in [7, 11) is 4.67. The van der Waals surface area contributed by atoms with Crippen LogP contribution in [0.1, 0.15) is 42.9 Å². The van der Waals surface area contributed by atoms with Crippen LogP contribution in [-0.4, -0.2) is 68.5 Å². The lowest BCUT2D eigenvalue weighted by atomic mass is 9.84. The summed E-state index contributed by atoms with van der Waals surface area (Å²) < 4.78 is 30.8. The van der Waals surface area contributed by atoms with Gasteiger partial charge in [0.05, 0.1) is 32.6 Å². The largest absolute Gasteiger partial charge is 0.497 e. The Bertz CT molecular complexity index is 1130. The van der Waals surface area contributed by atoms with Gasteiger partial charge in [0.2, 0.25) is 5.91 Å². The second-order valence-electron chi connectivity index (χ2n) is 8.97. The molecule has 0 N–H and O–H groups in total. The molecule has 1 atom stereocenters. The minimum Gasteiger partial charge on any atom is -0.497 e. The monoisotopic (exact) mass is 497 g/mol. The Morgan fingerprint density at radius 1 is 1.11 bits per heavy atom. The zero-order valence-corrected chi connectivity index (χ0v) is 20.9. The summed E-state index contributed by atoms with van der Waals surface area (Å²) in [5.74, 6) is 0.285. The molecular weight excluding hydrogens is 465 g/mol. The van der Waals surface area contributed by atoms with E-state index in [0.717, 1.165) is 19.3 Å². The molecule has 1 fully saturated rings. The molecule has 0 aromatic heterocycles. The molecule has 0 spiro atoms. The normalized spacial score (nSPS) is 17.4. The molecule has 2 aliphatic rings. The Morgan fingerprint density at radius 3 is 2.53 bits per heavy atom. The number of hydrogen-bond acceptors (Lipinski definition) is 6. The summed E-state index contributed by atoms with van der Waals surface area (Å²) in [6.07, 6.45) is 2.96. The zero-order chi connectivity index (χ0) is 25.7. The molecule has 1 heterocycles. The van der Waals surface area contributed by atoms with E-state index in [-0.39, 0.29) is 30.7 Å². The molecule has 0 radical (unpaired) electrons. The van der Waals surface area contributed by atoms with Gasteiger partial charge >= 0.3 is 0 Å². The van der Waals surface area contributed by atoms with Gasteiger partial charge in [0, 0.05) is 37.1 Å². The fourth-order valence-corrected chi connectivity index (χ4v) is 4.56. The molecular formula is C27H32FN3O5. The number of rotatable bonds is 10. The van der Waals surface area contributed by atoms with Crippen molar-refractivity contribution in [3.05, 3.63) is 59.4 Å². The first-order valence-electron chi connectivity index (χ1n) is 12.1. The fraction of sp³-hybridized carbons (Fsp3) is 0.444. The lowest BCUT2D eigenvalue weighted by Crippen LogP contribution is -2.46. The lowest BCUT2D eigenvalue weighted by molar-refractivity contribution is -0.146. The van der Waals surface area contributed by atoms with E-state index in [1.165, 1.54) is 11.1 Å². The van der Waals surface area contributed by atoms with Crippen LogP contribution in [0.15, 0.2) is 47.6 Å². The van der Waals surface area contributed by atoms with Crippen molar-refractivity contribution in [2.75, 3.05) is 41.0 Å². The summed E-state index contributed by atoms with van der Waals surface area (Å²) in [6.45, 7) is 0.487. The van der Waals surface area contributed by atoms with Gasteiger partial charge in [0.1, 0.15) is 23.9 Å². The second kappa shape index (κ2) is 11.5. The number of methoxy groups -OCH3 is 3. The zero-order valence-electron chi connectivity index (χ0n) is 20.9. The van der Waals surface area contributed by atoms with Gasteiger partial charge in [-0.3, -0.25) is 9.59 Å². The molecule has 0 bridgehead atoms. The van der Waals surface area contributed by atoms with Crippen LogP contribution < -0.4 is 9.47 Å². The fourth-order valence-electron chi connectivity index (χ4n) is 4.56. The third-order valence-electron chi connectivity index (χ3n) is 6.80. The number of amides is 2. The van der Waals surface area contributed by atoms with Crippen LogP contribution in [0.25, 0.3) is 0 Å². The molecule has 1 aliphatic heterocycles. The van der Waals surface area contributed by atoms with Crippen molar-refractivity contribution in [2.24, 2.45) is 11.0 Å². The molecule has 1 saturated carbocycles. The molecule has 0 saturated heterocycles. The van der Waals surface area contributed by atoms with Crippen LogP contribution in [-0.2, 0) is 14.3 Å². The number of nitrogens with zero attached hydrogens (tertiary/aromatic N) is 3. The predicted molar refractivity (Wildman–Crippen MR) is 132 cm³/mol. The van der Waals surface area contributed by atoms with Gasteiger partial charge in [-0.15, -0.1) is 0 Å². The highest BCUT2D eigenvalue weighted by Crippen LogP contribution is 2.39. The molecule has 9 heteroatoms. The second-order valence-corrected chi connectivity index (χ2v) is 8.97. The Morgan fingerprint density at radius 2 is 1.89 bits per heavy atom. The first-order chi connectivity index (χ1) is 17.5. The average Bonchev–Trinajstić information content (AvgIpc) is 3.30. The van der Waals surface area contributed by atoms with Gasteiger partial charge in [0.15, 0.2) is 0 Å². The predicted octanol–water partition coefficient (Wildman–Crippen LogP) is 3.80. The minimum absolute atomic E-state index is 0.0420. The molecule has 2 amide bonds. The van der Waals surface area contributed by atoms with E-state index in [9.17, 15) is 14.0 Å². The third-order valence-corrected chi connectivity index (χ3v) is 6.80. The van der Waals surface area contributed by atoms with Gasteiger partial charge in [-0.05, 0) is 37.1 Å². The van der Waals surface area contributed by atoms with Crippen LogP contribution in [0, 0.1) is 11.7 Å². The van der Waals surface area contributed by atoms with Crippen molar-refractivity contribution in [3.63, 3.8) is 0 Å². The Labute approximate surface area is 210 Å². The number of carbonyl (C=O) groups excluding carboxylic acids is 2. The van der Waals surface area contributed by atoms with Crippen molar-refractivity contribution in [3.8, 4) is 11.5 Å².